The van der Waals surface area contributed by atoms with E-state index in [-0.39, 0.29) is 39.9 Å². The monoisotopic (exact) mass is 511 g/mol. The van der Waals surface area contributed by atoms with E-state index in [0.717, 1.165) is 13.0 Å². The average molecular weight is 512 g/mol. The van der Waals surface area contributed by atoms with Crippen LogP contribution in [0.3, 0.4) is 0 Å². The van der Waals surface area contributed by atoms with Gasteiger partial charge in [0.05, 0.1) is 17.9 Å². The maximum Gasteiger partial charge on any atom is 0.458 e. The van der Waals surface area contributed by atoms with E-state index in [0.29, 0.717) is 17.2 Å². The lowest BCUT2D eigenvalue weighted by Gasteiger charge is -2.40. The van der Waals surface area contributed by atoms with Crippen LogP contribution in [0.2, 0.25) is 0 Å². The Kier molecular flexibility index (Phi) is 5.82. The van der Waals surface area contributed by atoms with Crippen LogP contribution in [0.1, 0.15) is 46.5 Å². The van der Waals surface area contributed by atoms with Crippen LogP contribution in [0.25, 0.3) is 5.70 Å². The summed E-state index contributed by atoms with van der Waals surface area (Å²) in [4.78, 5) is 14.8. The highest BCUT2D eigenvalue weighted by Gasteiger charge is 2.60. The van der Waals surface area contributed by atoms with Crippen molar-refractivity contribution in [2.24, 2.45) is 0 Å². The summed E-state index contributed by atoms with van der Waals surface area (Å²) in [5.74, 6) is -5.45. The van der Waals surface area contributed by atoms with Gasteiger partial charge in [0.1, 0.15) is 11.4 Å². The largest absolute Gasteiger partial charge is 0.481 e. The van der Waals surface area contributed by atoms with Gasteiger partial charge in [-0.05, 0) is 62.3 Å². The fourth-order valence-corrected chi connectivity index (χ4v) is 4.49. The quantitative estimate of drug-likeness (QED) is 0.436. The molecule has 5 nitrogen and oxygen atoms in total. The molecule has 2 N–H and O–H groups in total. The number of benzene rings is 2. The van der Waals surface area contributed by atoms with Gasteiger partial charge in [-0.25, -0.2) is 0 Å². The van der Waals surface area contributed by atoms with Crippen molar-refractivity contribution in [2.45, 2.75) is 45.0 Å². The van der Waals surface area contributed by atoms with Gasteiger partial charge < -0.3 is 20.3 Å². The molecule has 0 aliphatic carbocycles. The maximum absolute atomic E-state index is 14.5. The van der Waals surface area contributed by atoms with Crippen molar-refractivity contribution in [3.8, 4) is 5.75 Å². The van der Waals surface area contributed by atoms with Gasteiger partial charge in [-0.1, -0.05) is 18.2 Å². The molecule has 0 fully saturated rings. The molecule has 2 heterocycles. The molecule has 0 unspecified atom stereocenters. The van der Waals surface area contributed by atoms with Crippen molar-refractivity contribution in [1.29, 1.82) is 0 Å². The first-order chi connectivity index (χ1) is 16.2. The Labute approximate surface area is 203 Å². The molecule has 0 saturated heterocycles. The number of carbonyl (C=O) groups excluding carboxylic acids is 1. The van der Waals surface area contributed by atoms with E-state index >= 15 is 0 Å². The van der Waals surface area contributed by atoms with Crippen LogP contribution in [0, 0.1) is 6.92 Å². The lowest BCUT2D eigenvalue weighted by atomic mass is 9.88. The summed E-state index contributed by atoms with van der Waals surface area (Å²) >= 11 is 5.25. The van der Waals surface area contributed by atoms with Crippen LogP contribution in [0.5, 0.6) is 5.75 Å². The fourth-order valence-electron chi connectivity index (χ4n) is 4.39. The number of hydrogen-bond donors (Lipinski definition) is 2. The van der Waals surface area contributed by atoms with E-state index in [9.17, 15) is 26.7 Å². The van der Waals surface area contributed by atoms with Gasteiger partial charge >= 0.3 is 12.1 Å². The van der Waals surface area contributed by atoms with Crippen molar-refractivity contribution >= 4 is 28.9 Å². The molecule has 4 rings (SSSR count). The highest BCUT2D eigenvalue weighted by atomic mass is 32.1. The molecule has 0 aromatic heterocycles. The van der Waals surface area contributed by atoms with Gasteiger partial charge in [0, 0.05) is 23.7 Å². The summed E-state index contributed by atoms with van der Waals surface area (Å²) in [7, 11) is 1.56. The summed E-state index contributed by atoms with van der Waals surface area (Å²) in [6, 6.07) is 8.64. The predicted octanol–water partition coefficient (Wildman–Crippen LogP) is 5.24. The lowest BCUT2D eigenvalue weighted by Crippen LogP contribution is -2.48. The minimum Gasteiger partial charge on any atom is -0.481 e. The molecule has 0 spiro atoms. The second-order valence-electron chi connectivity index (χ2n) is 8.77. The lowest BCUT2D eigenvalue weighted by molar-refractivity contribution is -0.289. The molecule has 2 aliphatic heterocycles. The van der Waals surface area contributed by atoms with Gasteiger partial charge in [0.25, 0.3) is 5.91 Å². The molecular weight excluding hydrogens is 489 g/mol. The van der Waals surface area contributed by atoms with Gasteiger partial charge in [0.2, 0.25) is 0 Å². The maximum atomic E-state index is 14.5. The number of carbonyl (C=O) groups is 1. The SMILES string of the molecule is CNC(=S)NC1=C(N2Cc3ccccc3C2=O)c2c(ccc(C(F)(F)C(F)(F)F)c2C)OC1(C)C. The minimum absolute atomic E-state index is 0.0340. The molecule has 0 atom stereocenters. The van der Waals surface area contributed by atoms with Crippen LogP contribution in [0.15, 0.2) is 42.1 Å². The van der Waals surface area contributed by atoms with Crippen LogP contribution in [0.4, 0.5) is 22.0 Å². The van der Waals surface area contributed by atoms with Crippen molar-refractivity contribution in [2.75, 3.05) is 7.05 Å². The topological polar surface area (TPSA) is 53.6 Å². The Morgan fingerprint density at radius 1 is 1.11 bits per heavy atom. The molecule has 2 aromatic rings. The van der Waals surface area contributed by atoms with Crippen molar-refractivity contribution in [1.82, 2.24) is 15.5 Å². The average Bonchev–Trinajstić information content (AvgIpc) is 3.09. The summed E-state index contributed by atoms with van der Waals surface area (Å²) in [6.07, 6.45) is -5.81. The third kappa shape index (κ3) is 3.91. The zero-order valence-corrected chi connectivity index (χ0v) is 20.0. The summed E-state index contributed by atoms with van der Waals surface area (Å²) in [5.41, 5.74) is -1.25. The van der Waals surface area contributed by atoms with E-state index in [1.807, 2.05) is 0 Å². The summed E-state index contributed by atoms with van der Waals surface area (Å²) in [6.45, 7) is 4.61. The Bertz CT molecular complexity index is 1270. The van der Waals surface area contributed by atoms with Crippen LogP contribution in [-0.2, 0) is 12.5 Å². The molecule has 186 valence electrons. The Morgan fingerprint density at radius 2 is 1.77 bits per heavy atom. The number of nitrogens with zero attached hydrogens (tertiary/aromatic N) is 1. The zero-order chi connectivity index (χ0) is 25.9. The Hall–Kier alpha value is -3.21. The second-order valence-corrected chi connectivity index (χ2v) is 9.18. The molecule has 35 heavy (non-hydrogen) atoms. The van der Waals surface area contributed by atoms with E-state index < -0.39 is 29.2 Å². The summed E-state index contributed by atoms with van der Waals surface area (Å²) in [5, 5.41) is 5.85. The number of halogens is 5. The van der Waals surface area contributed by atoms with Crippen LogP contribution in [-0.4, -0.2) is 34.7 Å². The minimum atomic E-state index is -5.81. The number of alkyl halides is 5. The van der Waals surface area contributed by atoms with Gasteiger partial charge in [0.15, 0.2) is 5.11 Å². The number of nitrogens with one attached hydrogen (secondary N) is 2. The Morgan fingerprint density at radius 3 is 2.37 bits per heavy atom. The van der Waals surface area contributed by atoms with Gasteiger partial charge in [-0.3, -0.25) is 4.79 Å². The van der Waals surface area contributed by atoms with Crippen LogP contribution >= 0.6 is 12.2 Å². The molecule has 11 heteroatoms. The standard InChI is InChI=1S/C24H22F5N3O2S/c1-12-15(23(25,26)24(27,28)29)9-10-16-17(12)18(19(22(2,3)34-16)31-21(35)30-4)32-11-13-7-5-6-8-14(13)20(32)33/h5-10H,11H2,1-4H3,(H2,30,31,35). The first-order valence-electron chi connectivity index (χ1n) is 10.6. The zero-order valence-electron chi connectivity index (χ0n) is 19.2. The number of amides is 1. The van der Waals surface area contributed by atoms with E-state index in [4.69, 9.17) is 17.0 Å². The van der Waals surface area contributed by atoms with Crippen molar-refractivity contribution in [3.05, 3.63) is 69.9 Å². The van der Waals surface area contributed by atoms with E-state index in [1.165, 1.54) is 4.90 Å². The predicted molar refractivity (Wildman–Crippen MR) is 124 cm³/mol. The van der Waals surface area contributed by atoms with Gasteiger partial charge in [-0.15, -0.1) is 0 Å². The third-order valence-corrected chi connectivity index (χ3v) is 6.42. The normalized spacial score (nSPS) is 17.1. The van der Waals surface area contributed by atoms with E-state index in [2.05, 4.69) is 10.6 Å². The molecule has 0 bridgehead atoms. The highest BCUT2D eigenvalue weighted by Crippen LogP contribution is 2.51. The highest BCUT2D eigenvalue weighted by molar-refractivity contribution is 7.80. The third-order valence-electron chi connectivity index (χ3n) is 6.12. The molecule has 0 radical (unpaired) electrons. The fraction of sp³-hybridized carbons (Fsp3) is 0.333. The first kappa shape index (κ1) is 24.9. The van der Waals surface area contributed by atoms with E-state index in [1.54, 1.807) is 45.2 Å². The number of rotatable bonds is 3. The molecule has 2 aliphatic rings. The first-order valence-corrected chi connectivity index (χ1v) is 11.0. The van der Waals surface area contributed by atoms with Crippen LogP contribution < -0.4 is 15.4 Å². The number of hydrogen-bond acceptors (Lipinski definition) is 3. The van der Waals surface area contributed by atoms with Gasteiger partial charge in [-0.2, -0.15) is 22.0 Å². The summed E-state index contributed by atoms with van der Waals surface area (Å²) < 4.78 is 74.9. The molecule has 2 aromatic carbocycles. The number of ether oxygens (including phenoxy) is 1. The number of fused-ring (bicyclic) bond motifs is 2. The second kappa shape index (κ2) is 8.18. The van der Waals surface area contributed by atoms with Crippen molar-refractivity contribution < 1.29 is 31.5 Å². The molecule has 0 saturated carbocycles. The molecular formula is C24H22F5N3O2S. The van der Waals surface area contributed by atoms with Crippen molar-refractivity contribution in [3.63, 3.8) is 0 Å². The smallest absolute Gasteiger partial charge is 0.458 e. The number of thiocarbonyl (C=S) groups is 1. The Balaban J connectivity index is 2.02. The molecule has 1 amide bonds.